The van der Waals surface area contributed by atoms with E-state index in [-0.39, 0.29) is 5.91 Å². The summed E-state index contributed by atoms with van der Waals surface area (Å²) in [5.41, 5.74) is 0.611. The number of rotatable bonds is 3. The summed E-state index contributed by atoms with van der Waals surface area (Å²) in [6, 6.07) is 3.87. The monoisotopic (exact) mass is 314 g/mol. The van der Waals surface area contributed by atoms with Crippen molar-refractivity contribution in [3.63, 3.8) is 0 Å². The highest BCUT2D eigenvalue weighted by Crippen LogP contribution is 2.28. The largest absolute Gasteiger partial charge is 0.349 e. The van der Waals surface area contributed by atoms with Crippen molar-refractivity contribution >= 4 is 33.6 Å². The van der Waals surface area contributed by atoms with Gasteiger partial charge in [-0.1, -0.05) is 0 Å². The maximum absolute atomic E-state index is 12.0. The smallest absolute Gasteiger partial charge is 0.254 e. The molecule has 1 heterocycles. The molecule has 1 aromatic heterocycles. The van der Waals surface area contributed by atoms with E-state index in [1.807, 2.05) is 11.8 Å². The van der Waals surface area contributed by atoms with Gasteiger partial charge >= 0.3 is 0 Å². The number of nitrogens with one attached hydrogen (secondary N) is 1. The van der Waals surface area contributed by atoms with Crippen molar-refractivity contribution < 1.29 is 4.79 Å². The Hall–Kier alpha value is -0.550. The van der Waals surface area contributed by atoms with Crippen molar-refractivity contribution in [3.8, 4) is 0 Å². The first-order valence-corrected chi connectivity index (χ1v) is 7.73. The van der Waals surface area contributed by atoms with Gasteiger partial charge in [0.15, 0.2) is 0 Å². The molecule has 92 valence electrons. The minimum absolute atomic E-state index is 0.0308. The fourth-order valence-corrected chi connectivity index (χ4v) is 3.33. The SMILES string of the molecule is CSC1CCC(NC(=O)c2cccnc2Br)C1. The molecule has 0 aliphatic heterocycles. The molecule has 1 aliphatic carbocycles. The molecule has 2 unspecified atom stereocenters. The van der Waals surface area contributed by atoms with Crippen molar-refractivity contribution in [2.75, 3.05) is 6.26 Å². The third kappa shape index (κ3) is 3.22. The molecule has 0 bridgehead atoms. The van der Waals surface area contributed by atoms with Crippen LogP contribution in [0, 0.1) is 0 Å². The molecule has 17 heavy (non-hydrogen) atoms. The number of aromatic nitrogens is 1. The Kier molecular flexibility index (Phi) is 4.45. The Morgan fingerprint density at radius 2 is 2.41 bits per heavy atom. The summed E-state index contributed by atoms with van der Waals surface area (Å²) in [6.45, 7) is 0. The van der Waals surface area contributed by atoms with Gasteiger partial charge in [-0.2, -0.15) is 11.8 Å². The molecule has 0 radical (unpaired) electrons. The summed E-state index contributed by atoms with van der Waals surface area (Å²) in [5.74, 6) is -0.0308. The van der Waals surface area contributed by atoms with Gasteiger partial charge in [-0.05, 0) is 53.6 Å². The summed E-state index contributed by atoms with van der Waals surface area (Å²) in [5, 5.41) is 3.77. The Bertz CT molecular complexity index is 413. The second-order valence-corrected chi connectivity index (χ2v) is 6.07. The highest BCUT2D eigenvalue weighted by Gasteiger charge is 2.25. The van der Waals surface area contributed by atoms with Crippen LogP contribution in [0.5, 0.6) is 0 Å². The van der Waals surface area contributed by atoms with Gasteiger partial charge in [0.2, 0.25) is 0 Å². The van der Waals surface area contributed by atoms with Crippen LogP contribution >= 0.6 is 27.7 Å². The minimum atomic E-state index is -0.0308. The maximum Gasteiger partial charge on any atom is 0.254 e. The van der Waals surface area contributed by atoms with E-state index in [9.17, 15) is 4.79 Å². The van der Waals surface area contributed by atoms with Crippen LogP contribution < -0.4 is 5.32 Å². The van der Waals surface area contributed by atoms with Gasteiger partial charge in [-0.15, -0.1) is 0 Å². The van der Waals surface area contributed by atoms with E-state index < -0.39 is 0 Å². The average molecular weight is 315 g/mol. The molecule has 5 heteroatoms. The van der Waals surface area contributed by atoms with Crippen molar-refractivity contribution in [3.05, 3.63) is 28.5 Å². The van der Waals surface area contributed by atoms with Gasteiger partial charge in [0.05, 0.1) is 5.56 Å². The van der Waals surface area contributed by atoms with Gasteiger partial charge in [-0.25, -0.2) is 4.98 Å². The van der Waals surface area contributed by atoms with Crippen LogP contribution in [0.3, 0.4) is 0 Å². The lowest BCUT2D eigenvalue weighted by Gasteiger charge is -2.13. The van der Waals surface area contributed by atoms with E-state index >= 15 is 0 Å². The molecule has 0 spiro atoms. The molecule has 1 N–H and O–H groups in total. The van der Waals surface area contributed by atoms with E-state index in [1.165, 1.54) is 6.42 Å². The molecule has 1 amide bonds. The summed E-state index contributed by atoms with van der Waals surface area (Å²) in [6.07, 6.45) is 7.15. The highest BCUT2D eigenvalue weighted by molar-refractivity contribution is 9.10. The first-order valence-electron chi connectivity index (χ1n) is 5.65. The number of carbonyl (C=O) groups is 1. The lowest BCUT2D eigenvalue weighted by Crippen LogP contribution is -2.33. The zero-order chi connectivity index (χ0) is 12.3. The topological polar surface area (TPSA) is 42.0 Å². The van der Waals surface area contributed by atoms with E-state index in [4.69, 9.17) is 0 Å². The number of pyridine rings is 1. The summed E-state index contributed by atoms with van der Waals surface area (Å²) in [7, 11) is 0. The number of amides is 1. The van der Waals surface area contributed by atoms with Gasteiger partial charge in [0.1, 0.15) is 4.60 Å². The first-order chi connectivity index (χ1) is 8.20. The number of thioether (sulfide) groups is 1. The zero-order valence-electron chi connectivity index (χ0n) is 9.65. The van der Waals surface area contributed by atoms with Crippen LogP contribution in [0.2, 0.25) is 0 Å². The molecular formula is C12H15BrN2OS. The first kappa shape index (κ1) is 12.9. The van der Waals surface area contributed by atoms with Gasteiger partial charge in [0.25, 0.3) is 5.91 Å². The zero-order valence-corrected chi connectivity index (χ0v) is 12.1. The number of hydrogen-bond donors (Lipinski definition) is 1. The Morgan fingerprint density at radius 1 is 1.59 bits per heavy atom. The van der Waals surface area contributed by atoms with E-state index in [1.54, 1.807) is 18.3 Å². The normalized spacial score (nSPS) is 23.6. The predicted octanol–water partition coefficient (Wildman–Crippen LogP) is 2.86. The summed E-state index contributed by atoms with van der Waals surface area (Å²) in [4.78, 5) is 16.1. The van der Waals surface area contributed by atoms with Gasteiger partial charge in [0, 0.05) is 17.5 Å². The quantitative estimate of drug-likeness (QED) is 0.872. The van der Waals surface area contributed by atoms with Crippen LogP contribution in [0.15, 0.2) is 22.9 Å². The fourth-order valence-electron chi connectivity index (χ4n) is 2.10. The highest BCUT2D eigenvalue weighted by atomic mass is 79.9. The molecule has 0 aromatic carbocycles. The van der Waals surface area contributed by atoms with Crippen molar-refractivity contribution in [2.45, 2.75) is 30.6 Å². The van der Waals surface area contributed by atoms with Crippen molar-refractivity contribution in [1.29, 1.82) is 0 Å². The molecule has 1 fully saturated rings. The molecule has 0 saturated heterocycles. The van der Waals surface area contributed by atoms with Crippen molar-refractivity contribution in [2.24, 2.45) is 0 Å². The van der Waals surface area contributed by atoms with Gasteiger partial charge in [-0.3, -0.25) is 4.79 Å². The van der Waals surface area contributed by atoms with Crippen LogP contribution in [0.25, 0.3) is 0 Å². The van der Waals surface area contributed by atoms with E-state index in [0.717, 1.165) is 12.8 Å². The third-order valence-electron chi connectivity index (χ3n) is 3.06. The third-order valence-corrected chi connectivity index (χ3v) is 4.78. The van der Waals surface area contributed by atoms with E-state index in [0.29, 0.717) is 21.5 Å². The molecule has 2 rings (SSSR count). The lowest BCUT2D eigenvalue weighted by molar-refractivity contribution is 0.0937. The molecular weight excluding hydrogens is 300 g/mol. The molecule has 2 atom stereocenters. The van der Waals surface area contributed by atoms with Crippen molar-refractivity contribution in [1.82, 2.24) is 10.3 Å². The second-order valence-electron chi connectivity index (χ2n) is 4.18. The van der Waals surface area contributed by atoms with Crippen LogP contribution in [-0.2, 0) is 0 Å². The molecule has 1 saturated carbocycles. The van der Waals surface area contributed by atoms with Crippen LogP contribution in [-0.4, -0.2) is 28.4 Å². The van der Waals surface area contributed by atoms with E-state index in [2.05, 4.69) is 32.5 Å². The maximum atomic E-state index is 12.0. The number of carbonyl (C=O) groups excluding carboxylic acids is 1. The van der Waals surface area contributed by atoms with Crippen LogP contribution in [0.1, 0.15) is 29.6 Å². The predicted molar refractivity (Wildman–Crippen MR) is 74.3 cm³/mol. The number of hydrogen-bond acceptors (Lipinski definition) is 3. The summed E-state index contributed by atoms with van der Waals surface area (Å²) >= 11 is 5.19. The Labute approximate surface area is 114 Å². The second kappa shape index (κ2) is 5.87. The summed E-state index contributed by atoms with van der Waals surface area (Å²) < 4.78 is 0.608. The lowest BCUT2D eigenvalue weighted by atomic mass is 10.2. The Balaban J connectivity index is 1.96. The average Bonchev–Trinajstić information content (AvgIpc) is 2.77. The molecule has 1 aromatic rings. The fraction of sp³-hybridized carbons (Fsp3) is 0.500. The van der Waals surface area contributed by atoms with Crippen LogP contribution in [0.4, 0.5) is 0 Å². The van der Waals surface area contributed by atoms with Gasteiger partial charge < -0.3 is 5.32 Å². The minimum Gasteiger partial charge on any atom is -0.349 e. The molecule has 1 aliphatic rings. The number of nitrogens with zero attached hydrogens (tertiary/aromatic N) is 1. The number of halogens is 1. The standard InChI is InChI=1S/C12H15BrN2OS/c1-17-9-5-4-8(7-9)15-12(16)10-3-2-6-14-11(10)13/h2-3,6,8-9H,4-5,7H2,1H3,(H,15,16). The molecule has 3 nitrogen and oxygen atoms in total. The Morgan fingerprint density at radius 3 is 3.06 bits per heavy atom.